The molecule has 0 amide bonds. The molecule has 0 aliphatic heterocycles. The molecule has 0 saturated carbocycles. The maximum Gasteiger partial charge on any atom is 0.259 e. The predicted octanol–water partition coefficient (Wildman–Crippen LogP) is 6.45. The summed E-state index contributed by atoms with van der Waals surface area (Å²) in [6.07, 6.45) is 7.83. The molecule has 6 heteroatoms. The summed E-state index contributed by atoms with van der Waals surface area (Å²) in [7, 11) is 0. The second-order valence-electron chi connectivity index (χ2n) is 8.64. The van der Waals surface area contributed by atoms with Crippen LogP contribution in [0.3, 0.4) is 0 Å². The van der Waals surface area contributed by atoms with Gasteiger partial charge in [0.2, 0.25) is 0 Å². The number of aromatic nitrogens is 1. The number of rotatable bonds is 9. The number of H-pyrrole nitrogens is 1. The fraction of sp³-hybridized carbons (Fsp3) is 0.129. The largest absolute Gasteiger partial charge is 0.404 e. The van der Waals surface area contributed by atoms with Crippen LogP contribution in [0.1, 0.15) is 46.0 Å². The molecular weight excluding hydrogens is 482 g/mol. The molecule has 1 aromatic heterocycles. The Hall–Kier alpha value is -4.22. The minimum atomic E-state index is -0.421. The number of hydrogen-bond donors (Lipinski definition) is 2. The van der Waals surface area contributed by atoms with Crippen LogP contribution in [-0.4, -0.2) is 23.5 Å². The molecule has 0 fully saturated rings. The smallest absolute Gasteiger partial charge is 0.259 e. The lowest BCUT2D eigenvalue weighted by molar-refractivity contribution is 0.104. The Morgan fingerprint density at radius 2 is 1.81 bits per heavy atom. The summed E-state index contributed by atoms with van der Waals surface area (Å²) in [5.41, 5.74) is 10.3. The van der Waals surface area contributed by atoms with Crippen molar-refractivity contribution < 1.29 is 4.79 Å². The van der Waals surface area contributed by atoms with E-state index in [-0.39, 0.29) is 11.3 Å². The van der Waals surface area contributed by atoms with Crippen LogP contribution in [-0.2, 0) is 6.42 Å². The maximum atomic E-state index is 13.4. The number of aromatic amines is 1. The van der Waals surface area contributed by atoms with E-state index >= 15 is 0 Å². The third-order valence-corrected chi connectivity index (χ3v) is 6.22. The number of nitrogens with one attached hydrogen (secondary N) is 1. The zero-order valence-electron chi connectivity index (χ0n) is 20.6. The van der Waals surface area contributed by atoms with Crippen LogP contribution >= 0.6 is 11.6 Å². The van der Waals surface area contributed by atoms with Crippen LogP contribution in [0.5, 0.6) is 0 Å². The molecule has 4 rings (SSSR count). The van der Waals surface area contributed by atoms with E-state index in [4.69, 9.17) is 17.3 Å². The zero-order chi connectivity index (χ0) is 26.2. The number of allylic oxidation sites excluding steroid dienone is 2. The monoisotopic (exact) mass is 509 g/mol. The van der Waals surface area contributed by atoms with E-state index in [9.17, 15) is 9.59 Å². The molecule has 1 heterocycles. The van der Waals surface area contributed by atoms with Crippen molar-refractivity contribution in [1.29, 1.82) is 0 Å². The number of aliphatic imine (C=N–C) groups is 1. The average Bonchev–Trinajstić information content (AvgIpc) is 2.91. The molecule has 0 aliphatic carbocycles. The van der Waals surface area contributed by atoms with Gasteiger partial charge in [-0.2, -0.15) is 0 Å². The number of benzene rings is 3. The number of halogens is 1. The molecule has 0 spiro atoms. The van der Waals surface area contributed by atoms with Crippen LogP contribution in [0.4, 0.5) is 0 Å². The van der Waals surface area contributed by atoms with Crippen molar-refractivity contribution in [2.75, 3.05) is 6.54 Å². The van der Waals surface area contributed by atoms with Gasteiger partial charge in [-0.15, -0.1) is 0 Å². The molecule has 186 valence electrons. The molecule has 0 unspecified atom stereocenters. The van der Waals surface area contributed by atoms with Crippen LogP contribution in [0, 0.1) is 0 Å². The molecule has 37 heavy (non-hydrogen) atoms. The quantitative estimate of drug-likeness (QED) is 0.154. The Kier molecular flexibility index (Phi) is 8.49. The number of nitrogens with two attached hydrogens (primary N) is 1. The SMILES string of the molecule is CCCN=C/C(=C\N)c1ccc(/C=C/C(=O)c2c(Cc3ccccc3)c3cc(Cl)ccc3[nH]c2=O)cc1. The summed E-state index contributed by atoms with van der Waals surface area (Å²) in [5, 5.41) is 1.29. The lowest BCUT2D eigenvalue weighted by Gasteiger charge is -2.12. The Labute approximate surface area is 221 Å². The number of carbonyl (C=O) groups excluding carboxylic acids is 1. The van der Waals surface area contributed by atoms with E-state index in [0.717, 1.165) is 40.6 Å². The highest BCUT2D eigenvalue weighted by Crippen LogP contribution is 2.25. The van der Waals surface area contributed by atoms with Crippen LogP contribution in [0.2, 0.25) is 5.02 Å². The van der Waals surface area contributed by atoms with E-state index in [1.165, 1.54) is 12.3 Å². The van der Waals surface area contributed by atoms with Crippen molar-refractivity contribution >= 4 is 46.2 Å². The first-order valence-electron chi connectivity index (χ1n) is 12.1. The molecule has 5 nitrogen and oxygen atoms in total. The molecular formula is C31H28ClN3O2. The molecule has 3 aromatic carbocycles. The lowest BCUT2D eigenvalue weighted by atomic mass is 9.94. The average molecular weight is 510 g/mol. The second kappa shape index (κ2) is 12.2. The van der Waals surface area contributed by atoms with Gasteiger partial charge in [-0.3, -0.25) is 14.6 Å². The highest BCUT2D eigenvalue weighted by molar-refractivity contribution is 6.31. The number of ketones is 1. The highest BCUT2D eigenvalue weighted by atomic mass is 35.5. The predicted molar refractivity (Wildman–Crippen MR) is 154 cm³/mol. The van der Waals surface area contributed by atoms with E-state index in [1.54, 1.807) is 30.5 Å². The lowest BCUT2D eigenvalue weighted by Crippen LogP contribution is -2.20. The van der Waals surface area contributed by atoms with Crippen LogP contribution in [0.25, 0.3) is 22.6 Å². The number of carbonyl (C=O) groups is 1. The molecule has 0 radical (unpaired) electrons. The Morgan fingerprint density at radius 3 is 2.51 bits per heavy atom. The minimum Gasteiger partial charge on any atom is -0.404 e. The topological polar surface area (TPSA) is 88.3 Å². The van der Waals surface area contributed by atoms with Crippen LogP contribution < -0.4 is 11.3 Å². The van der Waals surface area contributed by atoms with Gasteiger partial charge in [0, 0.05) is 40.5 Å². The minimum absolute atomic E-state index is 0.118. The van der Waals surface area contributed by atoms with E-state index in [2.05, 4.69) is 16.9 Å². The van der Waals surface area contributed by atoms with Gasteiger partial charge in [-0.05, 0) is 59.4 Å². The molecule has 0 aliphatic rings. The summed E-state index contributed by atoms with van der Waals surface area (Å²) in [6.45, 7) is 2.81. The van der Waals surface area contributed by atoms with Gasteiger partial charge in [-0.25, -0.2) is 0 Å². The van der Waals surface area contributed by atoms with E-state index < -0.39 is 5.56 Å². The number of fused-ring (bicyclic) bond motifs is 1. The van der Waals surface area contributed by atoms with Gasteiger partial charge in [0.05, 0.1) is 5.56 Å². The molecule has 3 N–H and O–H groups in total. The third-order valence-electron chi connectivity index (χ3n) is 5.99. The normalized spacial score (nSPS) is 12.1. The summed E-state index contributed by atoms with van der Waals surface area (Å²) in [6, 6.07) is 22.6. The summed E-state index contributed by atoms with van der Waals surface area (Å²) in [4.78, 5) is 33.6. The first-order valence-corrected chi connectivity index (χ1v) is 12.5. The number of pyridine rings is 1. The fourth-order valence-corrected chi connectivity index (χ4v) is 4.30. The van der Waals surface area contributed by atoms with Crippen molar-refractivity contribution in [3.05, 3.63) is 128 Å². The van der Waals surface area contributed by atoms with Crippen molar-refractivity contribution in [2.45, 2.75) is 19.8 Å². The van der Waals surface area contributed by atoms with Crippen molar-refractivity contribution in [2.24, 2.45) is 10.7 Å². The zero-order valence-corrected chi connectivity index (χ0v) is 21.3. The molecule has 4 aromatic rings. The molecule has 0 bridgehead atoms. The summed E-state index contributed by atoms with van der Waals surface area (Å²) < 4.78 is 0. The van der Waals surface area contributed by atoms with Crippen molar-refractivity contribution in [3.8, 4) is 0 Å². The third kappa shape index (κ3) is 6.32. The van der Waals surface area contributed by atoms with Gasteiger partial charge >= 0.3 is 0 Å². The maximum absolute atomic E-state index is 13.4. The highest BCUT2D eigenvalue weighted by Gasteiger charge is 2.18. The Morgan fingerprint density at radius 1 is 1.05 bits per heavy atom. The first kappa shape index (κ1) is 25.9. The van der Waals surface area contributed by atoms with Gasteiger partial charge in [0.25, 0.3) is 5.56 Å². The second-order valence-corrected chi connectivity index (χ2v) is 9.07. The Bertz CT molecular complexity index is 1550. The first-order chi connectivity index (χ1) is 18.0. The summed E-state index contributed by atoms with van der Waals surface area (Å²) in [5.74, 6) is -0.368. The van der Waals surface area contributed by atoms with Crippen molar-refractivity contribution in [3.63, 3.8) is 0 Å². The summed E-state index contributed by atoms with van der Waals surface area (Å²) >= 11 is 6.28. The number of nitrogens with zero attached hydrogens (tertiary/aromatic N) is 1. The molecule has 0 saturated heterocycles. The van der Waals surface area contributed by atoms with Gasteiger partial charge in [0.1, 0.15) is 0 Å². The van der Waals surface area contributed by atoms with E-state index in [1.807, 2.05) is 54.6 Å². The molecule has 0 atom stereocenters. The van der Waals surface area contributed by atoms with Gasteiger partial charge < -0.3 is 10.7 Å². The van der Waals surface area contributed by atoms with Gasteiger partial charge in [0.15, 0.2) is 5.78 Å². The standard InChI is InChI=1S/C31H28ClN3O2/c1-2-16-34-20-24(19-33)23-11-8-21(9-12-23)10-15-29(36)30-27(17-22-6-4-3-5-7-22)26-18-25(32)13-14-28(26)35-31(30)37/h3-15,18-20H,2,16-17,33H2,1H3,(H,35,37)/b15-10+,24-19+,34-20?. The Balaban J connectivity index is 1.67. The number of hydrogen-bond acceptors (Lipinski definition) is 4. The van der Waals surface area contributed by atoms with Crippen LogP contribution in [0.15, 0.2) is 94.9 Å². The van der Waals surface area contributed by atoms with Crippen molar-refractivity contribution in [1.82, 2.24) is 4.98 Å². The van der Waals surface area contributed by atoms with E-state index in [0.29, 0.717) is 22.5 Å². The van der Waals surface area contributed by atoms with Gasteiger partial charge in [-0.1, -0.05) is 79.2 Å². The fourth-order valence-electron chi connectivity index (χ4n) is 4.12.